The molecule has 1 aliphatic heterocycles. The summed E-state index contributed by atoms with van der Waals surface area (Å²) in [7, 11) is 4.03. The lowest BCUT2D eigenvalue weighted by Crippen LogP contribution is -2.41. The molecule has 21 heavy (non-hydrogen) atoms. The first kappa shape index (κ1) is 15.7. The predicted octanol–water partition coefficient (Wildman–Crippen LogP) is 0.231. The number of carbonyl (C=O) groups excluding carboxylic acids is 1. The Morgan fingerprint density at radius 3 is 2.76 bits per heavy atom. The van der Waals surface area contributed by atoms with Crippen molar-refractivity contribution in [1.82, 2.24) is 19.8 Å². The number of aromatic nitrogens is 2. The highest BCUT2D eigenvalue weighted by Crippen LogP contribution is 2.10. The third kappa shape index (κ3) is 4.64. The van der Waals surface area contributed by atoms with Gasteiger partial charge in [-0.2, -0.15) is 0 Å². The molecule has 1 aliphatic rings. The summed E-state index contributed by atoms with van der Waals surface area (Å²) in [5.41, 5.74) is 0.441. The van der Waals surface area contributed by atoms with Gasteiger partial charge < -0.3 is 19.9 Å². The molecule has 0 spiro atoms. The largest absolute Gasteiger partial charge is 0.378 e. The van der Waals surface area contributed by atoms with Crippen LogP contribution in [0.5, 0.6) is 0 Å². The number of amides is 1. The highest BCUT2D eigenvalue weighted by Gasteiger charge is 2.20. The summed E-state index contributed by atoms with van der Waals surface area (Å²) < 4.78 is 5.27. The number of likely N-dealkylation sites (N-methyl/N-ethyl adjacent to an activating group) is 1. The number of hydrogen-bond acceptors (Lipinski definition) is 6. The summed E-state index contributed by atoms with van der Waals surface area (Å²) in [6, 6.07) is 1.72. The number of aryl methyl sites for hydroxylation is 1. The van der Waals surface area contributed by atoms with Crippen LogP contribution in [-0.4, -0.2) is 79.2 Å². The summed E-state index contributed by atoms with van der Waals surface area (Å²) in [5.74, 6) is 1.24. The maximum absolute atomic E-state index is 12.4. The van der Waals surface area contributed by atoms with Crippen LogP contribution >= 0.6 is 0 Å². The van der Waals surface area contributed by atoms with Gasteiger partial charge in [-0.15, -0.1) is 0 Å². The fourth-order valence-electron chi connectivity index (χ4n) is 2.10. The number of ether oxygens (including phenoxy) is 1. The average molecular weight is 293 g/mol. The van der Waals surface area contributed by atoms with Gasteiger partial charge in [-0.25, -0.2) is 9.97 Å². The van der Waals surface area contributed by atoms with Crippen molar-refractivity contribution >= 4 is 11.7 Å². The fraction of sp³-hybridized carbons (Fsp3) is 0.643. The van der Waals surface area contributed by atoms with Crippen LogP contribution in [0.15, 0.2) is 6.07 Å². The molecule has 1 saturated heterocycles. The molecule has 0 bridgehead atoms. The van der Waals surface area contributed by atoms with Gasteiger partial charge in [0.15, 0.2) is 0 Å². The standard InChI is InChI=1S/C14H23N5O2/c1-11-16-12(14(20)19-6-8-21-9-7-19)10-13(17-11)15-4-5-18(2)3/h10H,4-9H2,1-3H3,(H,15,16,17). The molecule has 1 aromatic heterocycles. The van der Waals surface area contributed by atoms with Crippen LogP contribution in [0.3, 0.4) is 0 Å². The lowest BCUT2D eigenvalue weighted by Gasteiger charge is -2.26. The number of morpholine rings is 1. The van der Waals surface area contributed by atoms with Crippen molar-refractivity contribution in [2.45, 2.75) is 6.92 Å². The van der Waals surface area contributed by atoms with Crippen molar-refractivity contribution in [1.29, 1.82) is 0 Å². The molecule has 2 heterocycles. The van der Waals surface area contributed by atoms with E-state index in [1.165, 1.54) is 0 Å². The van der Waals surface area contributed by atoms with Crippen LogP contribution in [0.4, 0.5) is 5.82 Å². The van der Waals surface area contributed by atoms with Crippen molar-refractivity contribution < 1.29 is 9.53 Å². The SMILES string of the molecule is Cc1nc(NCCN(C)C)cc(C(=O)N2CCOCC2)n1. The molecular weight excluding hydrogens is 270 g/mol. The topological polar surface area (TPSA) is 70.6 Å². The zero-order valence-electron chi connectivity index (χ0n) is 12.9. The Labute approximate surface area is 125 Å². The number of hydrogen-bond donors (Lipinski definition) is 1. The molecular formula is C14H23N5O2. The molecule has 116 valence electrons. The van der Waals surface area contributed by atoms with Crippen molar-refractivity contribution in [3.8, 4) is 0 Å². The lowest BCUT2D eigenvalue weighted by molar-refractivity contribution is 0.0299. The van der Waals surface area contributed by atoms with E-state index in [1.54, 1.807) is 17.9 Å². The maximum atomic E-state index is 12.4. The van der Waals surface area contributed by atoms with Gasteiger partial charge in [0.25, 0.3) is 5.91 Å². The van der Waals surface area contributed by atoms with Crippen LogP contribution in [0.25, 0.3) is 0 Å². The number of carbonyl (C=O) groups is 1. The van der Waals surface area contributed by atoms with Gasteiger partial charge in [0, 0.05) is 32.2 Å². The third-order valence-electron chi connectivity index (χ3n) is 3.22. The minimum atomic E-state index is -0.0561. The Bertz CT molecular complexity index is 486. The molecule has 0 unspecified atom stereocenters. The number of nitrogens with one attached hydrogen (secondary N) is 1. The molecule has 7 nitrogen and oxygen atoms in total. The average Bonchev–Trinajstić information content (AvgIpc) is 2.46. The lowest BCUT2D eigenvalue weighted by atomic mass is 10.3. The van der Waals surface area contributed by atoms with E-state index in [9.17, 15) is 4.79 Å². The quantitative estimate of drug-likeness (QED) is 0.838. The first-order valence-corrected chi connectivity index (χ1v) is 7.17. The highest BCUT2D eigenvalue weighted by atomic mass is 16.5. The Morgan fingerprint density at radius 2 is 2.10 bits per heavy atom. The molecule has 1 aromatic rings. The molecule has 1 N–H and O–H groups in total. The van der Waals surface area contributed by atoms with Crippen LogP contribution in [-0.2, 0) is 4.74 Å². The smallest absolute Gasteiger partial charge is 0.272 e. The van der Waals surface area contributed by atoms with E-state index >= 15 is 0 Å². The minimum Gasteiger partial charge on any atom is -0.378 e. The van der Waals surface area contributed by atoms with Crippen LogP contribution < -0.4 is 5.32 Å². The van der Waals surface area contributed by atoms with Crippen LogP contribution in [0.1, 0.15) is 16.3 Å². The van der Waals surface area contributed by atoms with Crippen molar-refractivity contribution in [3.63, 3.8) is 0 Å². The third-order valence-corrected chi connectivity index (χ3v) is 3.22. The van der Waals surface area contributed by atoms with E-state index in [1.807, 2.05) is 14.1 Å². The van der Waals surface area contributed by atoms with Gasteiger partial charge >= 0.3 is 0 Å². The summed E-state index contributed by atoms with van der Waals surface area (Å²) in [4.78, 5) is 24.9. The van der Waals surface area contributed by atoms with Crippen LogP contribution in [0, 0.1) is 6.92 Å². The van der Waals surface area contributed by atoms with Gasteiger partial charge in [0.05, 0.1) is 13.2 Å². The Hall–Kier alpha value is -1.73. The number of anilines is 1. The maximum Gasteiger partial charge on any atom is 0.272 e. The fourth-order valence-corrected chi connectivity index (χ4v) is 2.10. The second-order valence-electron chi connectivity index (χ2n) is 5.32. The molecule has 0 saturated carbocycles. The summed E-state index contributed by atoms with van der Waals surface area (Å²) in [6.45, 7) is 5.88. The minimum absolute atomic E-state index is 0.0561. The van der Waals surface area contributed by atoms with Gasteiger partial charge in [0.1, 0.15) is 17.3 Å². The highest BCUT2D eigenvalue weighted by molar-refractivity contribution is 5.93. The molecule has 7 heteroatoms. The molecule has 1 amide bonds. The van der Waals surface area contributed by atoms with Crippen molar-refractivity contribution in [3.05, 3.63) is 17.6 Å². The van der Waals surface area contributed by atoms with Gasteiger partial charge in [0.2, 0.25) is 0 Å². The van der Waals surface area contributed by atoms with E-state index in [2.05, 4.69) is 20.2 Å². The Morgan fingerprint density at radius 1 is 1.38 bits per heavy atom. The van der Waals surface area contributed by atoms with E-state index in [0.29, 0.717) is 43.6 Å². The molecule has 0 radical (unpaired) electrons. The van der Waals surface area contributed by atoms with Gasteiger partial charge in [-0.05, 0) is 21.0 Å². The molecule has 0 aromatic carbocycles. The second-order valence-corrected chi connectivity index (χ2v) is 5.32. The molecule has 1 fully saturated rings. The van der Waals surface area contributed by atoms with E-state index in [0.717, 1.165) is 13.1 Å². The zero-order chi connectivity index (χ0) is 15.2. The van der Waals surface area contributed by atoms with Gasteiger partial charge in [-0.1, -0.05) is 0 Å². The summed E-state index contributed by atoms with van der Waals surface area (Å²) in [5, 5.41) is 3.23. The van der Waals surface area contributed by atoms with Crippen LogP contribution in [0.2, 0.25) is 0 Å². The van der Waals surface area contributed by atoms with Gasteiger partial charge in [-0.3, -0.25) is 4.79 Å². The number of nitrogens with zero attached hydrogens (tertiary/aromatic N) is 4. The van der Waals surface area contributed by atoms with E-state index in [-0.39, 0.29) is 5.91 Å². The predicted molar refractivity (Wildman–Crippen MR) is 80.5 cm³/mol. The Kier molecular flexibility index (Phi) is 5.46. The van der Waals surface area contributed by atoms with Crippen molar-refractivity contribution in [2.75, 3.05) is 58.8 Å². The first-order chi connectivity index (χ1) is 10.1. The Balaban J connectivity index is 2.05. The van der Waals surface area contributed by atoms with E-state index in [4.69, 9.17) is 4.74 Å². The molecule has 0 aliphatic carbocycles. The second kappa shape index (κ2) is 7.33. The number of rotatable bonds is 5. The monoisotopic (exact) mass is 293 g/mol. The first-order valence-electron chi connectivity index (χ1n) is 7.17. The van der Waals surface area contributed by atoms with Crippen molar-refractivity contribution in [2.24, 2.45) is 0 Å². The summed E-state index contributed by atoms with van der Waals surface area (Å²) >= 11 is 0. The molecule has 2 rings (SSSR count). The normalized spacial score (nSPS) is 15.3. The van der Waals surface area contributed by atoms with E-state index < -0.39 is 0 Å². The molecule has 0 atom stereocenters. The zero-order valence-corrected chi connectivity index (χ0v) is 12.9. The summed E-state index contributed by atoms with van der Waals surface area (Å²) in [6.07, 6.45) is 0.